The van der Waals surface area contributed by atoms with E-state index in [-0.39, 0.29) is 0 Å². The van der Waals surface area contributed by atoms with E-state index in [1.165, 1.54) is 5.57 Å². The molecule has 3 heteroatoms. The summed E-state index contributed by atoms with van der Waals surface area (Å²) in [4.78, 5) is 4.50. The molecule has 0 aromatic carbocycles. The normalized spacial score (nSPS) is 21.9. The Labute approximate surface area is 119 Å². The summed E-state index contributed by atoms with van der Waals surface area (Å²) in [5.41, 5.74) is 4.32. The zero-order valence-corrected chi connectivity index (χ0v) is 12.0. The van der Waals surface area contributed by atoms with E-state index < -0.39 is 0 Å². The lowest BCUT2D eigenvalue weighted by Crippen LogP contribution is -2.10. The van der Waals surface area contributed by atoms with E-state index in [9.17, 15) is 0 Å². The Morgan fingerprint density at radius 1 is 1.20 bits per heavy atom. The summed E-state index contributed by atoms with van der Waals surface area (Å²) >= 11 is 0. The fourth-order valence-electron chi connectivity index (χ4n) is 2.77. The van der Waals surface area contributed by atoms with Crippen LogP contribution in [0.1, 0.15) is 35.6 Å². The van der Waals surface area contributed by atoms with Crippen molar-refractivity contribution in [3.63, 3.8) is 0 Å². The van der Waals surface area contributed by atoms with Crippen LogP contribution in [-0.2, 0) is 0 Å². The first-order valence-electron chi connectivity index (χ1n) is 6.91. The summed E-state index contributed by atoms with van der Waals surface area (Å²) < 4.78 is 5.28. The molecule has 0 saturated heterocycles. The molecular formula is C17H18N2O. The van der Waals surface area contributed by atoms with Gasteiger partial charge in [0.05, 0.1) is 5.69 Å². The molecule has 2 aromatic heterocycles. The highest BCUT2D eigenvalue weighted by Crippen LogP contribution is 2.36. The van der Waals surface area contributed by atoms with Crippen molar-refractivity contribution in [2.75, 3.05) is 0 Å². The number of hydrogen-bond acceptors (Lipinski definition) is 3. The molecule has 0 aliphatic heterocycles. The Morgan fingerprint density at radius 2 is 2.05 bits per heavy atom. The average molecular weight is 266 g/mol. The first-order valence-corrected chi connectivity index (χ1v) is 6.91. The molecule has 1 aliphatic carbocycles. The molecule has 0 fully saturated rings. The first-order chi connectivity index (χ1) is 9.66. The van der Waals surface area contributed by atoms with Crippen LogP contribution in [0, 0.1) is 19.8 Å². The third-order valence-corrected chi connectivity index (χ3v) is 3.86. The summed E-state index contributed by atoms with van der Waals surface area (Å²) in [5.74, 6) is 1.60. The predicted octanol–water partition coefficient (Wildman–Crippen LogP) is 4.06. The number of allylic oxidation sites excluding steroid dienone is 4. The van der Waals surface area contributed by atoms with Crippen molar-refractivity contribution in [1.82, 2.24) is 10.1 Å². The van der Waals surface area contributed by atoms with Crippen LogP contribution in [0.5, 0.6) is 0 Å². The highest BCUT2D eigenvalue weighted by atomic mass is 16.5. The van der Waals surface area contributed by atoms with Gasteiger partial charge in [-0.1, -0.05) is 36.4 Å². The van der Waals surface area contributed by atoms with Crippen molar-refractivity contribution < 1.29 is 4.52 Å². The van der Waals surface area contributed by atoms with Crippen molar-refractivity contribution in [2.45, 2.75) is 26.7 Å². The second-order valence-electron chi connectivity index (χ2n) is 5.32. The summed E-state index contributed by atoms with van der Waals surface area (Å²) in [6.07, 6.45) is 8.53. The van der Waals surface area contributed by atoms with Gasteiger partial charge < -0.3 is 4.52 Å². The molecule has 2 aromatic rings. The molecule has 0 radical (unpaired) electrons. The van der Waals surface area contributed by atoms with E-state index in [1.54, 1.807) is 0 Å². The fraction of sp³-hybridized carbons (Fsp3) is 0.294. The van der Waals surface area contributed by atoms with Crippen molar-refractivity contribution in [3.05, 3.63) is 65.3 Å². The Bertz CT molecular complexity index is 648. The van der Waals surface area contributed by atoms with Crippen LogP contribution in [0.4, 0.5) is 0 Å². The SMILES string of the molecule is Cc1noc(C)c1C1=CC(c2ccccn2)C(C)C=C1. The van der Waals surface area contributed by atoms with Gasteiger partial charge in [0.15, 0.2) is 0 Å². The van der Waals surface area contributed by atoms with E-state index >= 15 is 0 Å². The maximum absolute atomic E-state index is 5.28. The van der Waals surface area contributed by atoms with Crippen molar-refractivity contribution >= 4 is 5.57 Å². The third kappa shape index (κ3) is 2.20. The van der Waals surface area contributed by atoms with Gasteiger partial charge in [-0.3, -0.25) is 4.98 Å². The van der Waals surface area contributed by atoms with E-state index in [1.807, 2.05) is 32.2 Å². The fourth-order valence-corrected chi connectivity index (χ4v) is 2.77. The van der Waals surface area contributed by atoms with Crippen LogP contribution >= 0.6 is 0 Å². The van der Waals surface area contributed by atoms with Gasteiger partial charge in [0.1, 0.15) is 5.76 Å². The molecule has 2 atom stereocenters. The highest BCUT2D eigenvalue weighted by molar-refractivity contribution is 5.78. The van der Waals surface area contributed by atoms with Crippen molar-refractivity contribution in [3.8, 4) is 0 Å². The number of aromatic nitrogens is 2. The van der Waals surface area contributed by atoms with Crippen LogP contribution in [0.3, 0.4) is 0 Å². The van der Waals surface area contributed by atoms with Gasteiger partial charge in [-0.15, -0.1) is 0 Å². The molecule has 0 N–H and O–H groups in total. The minimum Gasteiger partial charge on any atom is -0.361 e. The Hall–Kier alpha value is -2.16. The Kier molecular flexibility index (Phi) is 3.26. The maximum Gasteiger partial charge on any atom is 0.141 e. The van der Waals surface area contributed by atoms with E-state index in [0.717, 1.165) is 22.7 Å². The number of rotatable bonds is 2. The van der Waals surface area contributed by atoms with Gasteiger partial charge in [-0.25, -0.2) is 0 Å². The van der Waals surface area contributed by atoms with E-state index in [0.29, 0.717) is 11.8 Å². The number of aryl methyl sites for hydroxylation is 2. The topological polar surface area (TPSA) is 38.9 Å². The molecular weight excluding hydrogens is 248 g/mol. The van der Waals surface area contributed by atoms with Crippen LogP contribution < -0.4 is 0 Å². The van der Waals surface area contributed by atoms with Crippen LogP contribution in [0.25, 0.3) is 5.57 Å². The molecule has 102 valence electrons. The summed E-state index contributed by atoms with van der Waals surface area (Å²) in [5, 5.41) is 4.04. The molecule has 2 unspecified atom stereocenters. The van der Waals surface area contributed by atoms with Gasteiger partial charge in [-0.2, -0.15) is 0 Å². The molecule has 3 nitrogen and oxygen atoms in total. The standard InChI is InChI=1S/C17H18N2O/c1-11-7-8-14(17-12(2)19-20-13(17)3)10-15(11)16-6-4-5-9-18-16/h4-11,15H,1-3H3. The average Bonchev–Trinajstić information content (AvgIpc) is 2.80. The Morgan fingerprint density at radius 3 is 2.70 bits per heavy atom. The van der Waals surface area contributed by atoms with E-state index in [4.69, 9.17) is 4.52 Å². The van der Waals surface area contributed by atoms with Gasteiger partial charge in [0, 0.05) is 23.4 Å². The Balaban J connectivity index is 2.03. The van der Waals surface area contributed by atoms with Crippen molar-refractivity contribution in [1.29, 1.82) is 0 Å². The van der Waals surface area contributed by atoms with Crippen LogP contribution in [-0.4, -0.2) is 10.1 Å². The molecule has 2 heterocycles. The van der Waals surface area contributed by atoms with Crippen molar-refractivity contribution in [2.24, 2.45) is 5.92 Å². The minimum atomic E-state index is 0.296. The molecule has 20 heavy (non-hydrogen) atoms. The zero-order chi connectivity index (χ0) is 14.1. The third-order valence-electron chi connectivity index (χ3n) is 3.86. The number of hydrogen-bond donors (Lipinski definition) is 0. The largest absolute Gasteiger partial charge is 0.361 e. The lowest BCUT2D eigenvalue weighted by Gasteiger charge is -2.22. The molecule has 0 spiro atoms. The van der Waals surface area contributed by atoms with Crippen LogP contribution in [0.15, 0.2) is 47.1 Å². The number of pyridine rings is 1. The lowest BCUT2D eigenvalue weighted by atomic mass is 9.82. The second-order valence-corrected chi connectivity index (χ2v) is 5.32. The monoisotopic (exact) mass is 266 g/mol. The minimum absolute atomic E-state index is 0.296. The van der Waals surface area contributed by atoms with Gasteiger partial charge >= 0.3 is 0 Å². The predicted molar refractivity (Wildman–Crippen MR) is 79.2 cm³/mol. The molecule has 0 saturated carbocycles. The number of nitrogens with zero attached hydrogens (tertiary/aromatic N) is 2. The van der Waals surface area contributed by atoms with E-state index in [2.05, 4.69) is 41.4 Å². The first kappa shape index (κ1) is 12.9. The summed E-state index contributed by atoms with van der Waals surface area (Å²) in [7, 11) is 0. The smallest absolute Gasteiger partial charge is 0.141 e. The molecule has 0 amide bonds. The molecule has 0 bridgehead atoms. The van der Waals surface area contributed by atoms with Gasteiger partial charge in [0.25, 0.3) is 0 Å². The summed E-state index contributed by atoms with van der Waals surface area (Å²) in [6, 6.07) is 6.07. The zero-order valence-electron chi connectivity index (χ0n) is 12.0. The van der Waals surface area contributed by atoms with Gasteiger partial charge in [0.2, 0.25) is 0 Å². The lowest BCUT2D eigenvalue weighted by molar-refractivity contribution is 0.393. The quantitative estimate of drug-likeness (QED) is 0.822. The summed E-state index contributed by atoms with van der Waals surface area (Å²) in [6.45, 7) is 6.16. The van der Waals surface area contributed by atoms with Crippen LogP contribution in [0.2, 0.25) is 0 Å². The maximum atomic E-state index is 5.28. The van der Waals surface area contributed by atoms with Gasteiger partial charge in [-0.05, 0) is 37.5 Å². The second kappa shape index (κ2) is 5.08. The highest BCUT2D eigenvalue weighted by Gasteiger charge is 2.23. The molecule has 3 rings (SSSR count). The molecule has 1 aliphatic rings.